The van der Waals surface area contributed by atoms with Gasteiger partial charge in [-0.1, -0.05) is 23.7 Å². The second-order valence-corrected chi connectivity index (χ2v) is 4.48. The van der Waals surface area contributed by atoms with Gasteiger partial charge in [0.25, 0.3) is 5.91 Å². The van der Waals surface area contributed by atoms with Crippen LogP contribution in [0.15, 0.2) is 48.5 Å². The van der Waals surface area contributed by atoms with Crippen molar-refractivity contribution < 1.29 is 18.0 Å². The first-order valence-corrected chi connectivity index (χ1v) is 5.98. The summed E-state index contributed by atoms with van der Waals surface area (Å²) in [6, 6.07) is 10.6. The van der Waals surface area contributed by atoms with Gasteiger partial charge in [0, 0.05) is 16.3 Å². The number of benzene rings is 2. The topological polar surface area (TPSA) is 29.1 Å². The molecule has 104 valence electrons. The fraction of sp³-hybridized carbons (Fsp3) is 0.0714. The summed E-state index contributed by atoms with van der Waals surface area (Å²) in [6.45, 7) is 0. The van der Waals surface area contributed by atoms with Gasteiger partial charge in [0.05, 0.1) is 5.56 Å². The lowest BCUT2D eigenvalue weighted by atomic mass is 10.1. The lowest BCUT2D eigenvalue weighted by Crippen LogP contribution is -2.13. The molecule has 2 nitrogen and oxygen atoms in total. The zero-order valence-corrected chi connectivity index (χ0v) is 10.8. The van der Waals surface area contributed by atoms with E-state index in [1.807, 2.05) is 0 Å². The van der Waals surface area contributed by atoms with Crippen LogP contribution >= 0.6 is 11.6 Å². The molecule has 0 bridgehead atoms. The molecule has 0 saturated carbocycles. The van der Waals surface area contributed by atoms with Crippen molar-refractivity contribution in [3.8, 4) is 0 Å². The molecular formula is C14H9ClF3NO. The summed E-state index contributed by atoms with van der Waals surface area (Å²) in [7, 11) is 0. The second kappa shape index (κ2) is 5.54. The van der Waals surface area contributed by atoms with Gasteiger partial charge < -0.3 is 5.32 Å². The largest absolute Gasteiger partial charge is 0.416 e. The first-order valence-electron chi connectivity index (χ1n) is 5.60. The van der Waals surface area contributed by atoms with Crippen LogP contribution in [-0.4, -0.2) is 5.91 Å². The van der Waals surface area contributed by atoms with E-state index in [1.165, 1.54) is 18.2 Å². The molecule has 0 saturated heterocycles. The van der Waals surface area contributed by atoms with Gasteiger partial charge in [-0.25, -0.2) is 0 Å². The van der Waals surface area contributed by atoms with E-state index in [4.69, 9.17) is 11.6 Å². The first kappa shape index (κ1) is 14.4. The predicted octanol–water partition coefficient (Wildman–Crippen LogP) is 4.61. The van der Waals surface area contributed by atoms with E-state index >= 15 is 0 Å². The van der Waals surface area contributed by atoms with Crippen LogP contribution in [0.2, 0.25) is 5.02 Å². The molecule has 0 aliphatic rings. The third kappa shape index (κ3) is 3.51. The molecule has 20 heavy (non-hydrogen) atoms. The Morgan fingerprint density at radius 3 is 2.40 bits per heavy atom. The van der Waals surface area contributed by atoms with Crippen LogP contribution in [0.25, 0.3) is 0 Å². The molecule has 0 aliphatic heterocycles. The minimum Gasteiger partial charge on any atom is -0.322 e. The Balaban J connectivity index is 2.22. The fourth-order valence-electron chi connectivity index (χ4n) is 1.61. The summed E-state index contributed by atoms with van der Waals surface area (Å²) in [5, 5.41) is 2.91. The molecule has 0 fully saturated rings. The Morgan fingerprint density at radius 1 is 1.05 bits per heavy atom. The molecule has 1 N–H and O–H groups in total. The van der Waals surface area contributed by atoms with Crippen molar-refractivity contribution in [3.05, 3.63) is 64.7 Å². The highest BCUT2D eigenvalue weighted by Gasteiger charge is 2.30. The second-order valence-electron chi connectivity index (χ2n) is 4.04. The Hall–Kier alpha value is -2.01. The van der Waals surface area contributed by atoms with Crippen LogP contribution in [0, 0.1) is 0 Å². The van der Waals surface area contributed by atoms with Crippen molar-refractivity contribution in [3.63, 3.8) is 0 Å². The van der Waals surface area contributed by atoms with Crippen LogP contribution in [0.5, 0.6) is 0 Å². The highest BCUT2D eigenvalue weighted by Crippen LogP contribution is 2.29. The quantitative estimate of drug-likeness (QED) is 0.862. The molecule has 1 amide bonds. The SMILES string of the molecule is O=C(Nc1cccc(Cl)c1)c1cccc(C(F)(F)F)c1. The zero-order chi connectivity index (χ0) is 14.8. The average Bonchev–Trinajstić information content (AvgIpc) is 2.38. The number of carbonyl (C=O) groups is 1. The number of amides is 1. The van der Waals surface area contributed by atoms with Crippen molar-refractivity contribution >= 4 is 23.2 Å². The van der Waals surface area contributed by atoms with Gasteiger partial charge >= 0.3 is 6.18 Å². The standard InChI is InChI=1S/C14H9ClF3NO/c15-11-5-2-6-12(8-11)19-13(20)9-3-1-4-10(7-9)14(16,17)18/h1-8H,(H,19,20). The molecule has 0 unspecified atom stereocenters. The maximum atomic E-state index is 12.6. The van der Waals surface area contributed by atoms with Gasteiger partial charge in [-0.15, -0.1) is 0 Å². The first-order chi connectivity index (χ1) is 9.36. The van der Waals surface area contributed by atoms with Crippen molar-refractivity contribution in [1.29, 1.82) is 0 Å². The van der Waals surface area contributed by atoms with Gasteiger partial charge in [-0.3, -0.25) is 4.79 Å². The summed E-state index contributed by atoms with van der Waals surface area (Å²) >= 11 is 5.76. The van der Waals surface area contributed by atoms with E-state index in [-0.39, 0.29) is 5.56 Å². The zero-order valence-electron chi connectivity index (χ0n) is 10.0. The van der Waals surface area contributed by atoms with Crippen LogP contribution < -0.4 is 5.32 Å². The molecule has 0 aliphatic carbocycles. The van der Waals surface area contributed by atoms with Crippen molar-refractivity contribution in [1.82, 2.24) is 0 Å². The summed E-state index contributed by atoms with van der Waals surface area (Å²) in [4.78, 5) is 11.9. The third-order valence-corrected chi connectivity index (χ3v) is 2.77. The number of alkyl halides is 3. The predicted molar refractivity (Wildman–Crippen MR) is 70.8 cm³/mol. The number of nitrogens with one attached hydrogen (secondary N) is 1. The number of rotatable bonds is 2. The summed E-state index contributed by atoms with van der Waals surface area (Å²) in [5.41, 5.74) is -0.518. The Labute approximate surface area is 118 Å². The van der Waals surface area contributed by atoms with Crippen molar-refractivity contribution in [2.75, 3.05) is 5.32 Å². The summed E-state index contributed by atoms with van der Waals surface area (Å²) in [6.07, 6.45) is -4.48. The Bertz CT molecular complexity index is 640. The molecule has 0 spiro atoms. The third-order valence-electron chi connectivity index (χ3n) is 2.53. The Kier molecular flexibility index (Phi) is 3.99. The van der Waals surface area contributed by atoms with Gasteiger partial charge in [0.15, 0.2) is 0 Å². The number of carbonyl (C=O) groups excluding carboxylic acids is 1. The van der Waals surface area contributed by atoms with E-state index in [2.05, 4.69) is 5.32 Å². The van der Waals surface area contributed by atoms with Crippen LogP contribution in [0.4, 0.5) is 18.9 Å². The number of halogens is 4. The smallest absolute Gasteiger partial charge is 0.322 e. The lowest BCUT2D eigenvalue weighted by molar-refractivity contribution is -0.137. The molecule has 2 aromatic carbocycles. The molecule has 2 aromatic rings. The molecule has 0 heterocycles. The normalized spacial score (nSPS) is 11.2. The van der Waals surface area contributed by atoms with Crippen molar-refractivity contribution in [2.24, 2.45) is 0 Å². The molecule has 6 heteroatoms. The van der Waals surface area contributed by atoms with E-state index < -0.39 is 17.6 Å². The number of anilines is 1. The van der Waals surface area contributed by atoms with E-state index in [9.17, 15) is 18.0 Å². The molecule has 0 atom stereocenters. The van der Waals surface area contributed by atoms with E-state index in [0.717, 1.165) is 12.1 Å². The van der Waals surface area contributed by atoms with Gasteiger partial charge in [0.2, 0.25) is 0 Å². The van der Waals surface area contributed by atoms with Crippen LogP contribution in [0.1, 0.15) is 15.9 Å². The van der Waals surface area contributed by atoms with E-state index in [0.29, 0.717) is 10.7 Å². The fourth-order valence-corrected chi connectivity index (χ4v) is 1.80. The van der Waals surface area contributed by atoms with Crippen LogP contribution in [-0.2, 0) is 6.18 Å². The van der Waals surface area contributed by atoms with Crippen molar-refractivity contribution in [2.45, 2.75) is 6.18 Å². The minimum atomic E-state index is -4.48. The highest BCUT2D eigenvalue weighted by molar-refractivity contribution is 6.30. The molecular weight excluding hydrogens is 291 g/mol. The average molecular weight is 300 g/mol. The summed E-state index contributed by atoms with van der Waals surface area (Å²) in [5.74, 6) is -0.627. The number of hydrogen-bond acceptors (Lipinski definition) is 1. The molecule has 0 aromatic heterocycles. The lowest BCUT2D eigenvalue weighted by Gasteiger charge is -2.09. The maximum Gasteiger partial charge on any atom is 0.416 e. The highest BCUT2D eigenvalue weighted by atomic mass is 35.5. The summed E-state index contributed by atoms with van der Waals surface area (Å²) < 4.78 is 37.7. The van der Waals surface area contributed by atoms with Crippen LogP contribution in [0.3, 0.4) is 0 Å². The molecule has 0 radical (unpaired) electrons. The Morgan fingerprint density at radius 2 is 1.75 bits per heavy atom. The van der Waals surface area contributed by atoms with E-state index in [1.54, 1.807) is 18.2 Å². The monoisotopic (exact) mass is 299 g/mol. The van der Waals surface area contributed by atoms with Gasteiger partial charge in [-0.2, -0.15) is 13.2 Å². The van der Waals surface area contributed by atoms with Gasteiger partial charge in [0.1, 0.15) is 0 Å². The minimum absolute atomic E-state index is 0.0696. The number of hydrogen-bond donors (Lipinski definition) is 1. The maximum absolute atomic E-state index is 12.6. The molecule has 2 rings (SSSR count). The van der Waals surface area contributed by atoms with Gasteiger partial charge in [-0.05, 0) is 36.4 Å².